The van der Waals surface area contributed by atoms with Gasteiger partial charge in [0, 0.05) is 14.5 Å². The molecule has 138 valence electrons. The van der Waals surface area contributed by atoms with Crippen molar-refractivity contribution in [2.24, 2.45) is 0 Å². The summed E-state index contributed by atoms with van der Waals surface area (Å²) in [6.45, 7) is 0. The third-order valence-electron chi connectivity index (χ3n) is 3.11. The third-order valence-corrected chi connectivity index (χ3v) is 5.20. The lowest BCUT2D eigenvalue weighted by atomic mass is 10.2. The number of nitrogens with one attached hydrogen (secondary N) is 3. The summed E-state index contributed by atoms with van der Waals surface area (Å²) < 4.78 is -0.164. The zero-order chi connectivity index (χ0) is 19.3. The summed E-state index contributed by atoms with van der Waals surface area (Å²) in [4.78, 5) is 12.4. The summed E-state index contributed by atoms with van der Waals surface area (Å²) in [6.07, 6.45) is -1.05. The van der Waals surface area contributed by atoms with Gasteiger partial charge in [0.15, 0.2) is 5.11 Å². The Morgan fingerprint density at radius 1 is 1.00 bits per heavy atom. The Balaban J connectivity index is 2.07. The Kier molecular flexibility index (Phi) is 8.00. The standard InChI is InChI=1S/C16H12Br2Cl3N3OS/c17-10-7-5-9(6-8-10)13(25)23-14(16(19,20)21)24-15(26)22-12-4-2-1-3-11(12)18/h1-8,14H,(H,23,25)(H2,22,24,26)/t14-/m1/s1. The van der Waals surface area contributed by atoms with Gasteiger partial charge in [-0.3, -0.25) is 4.79 Å². The van der Waals surface area contributed by atoms with Crippen molar-refractivity contribution in [1.29, 1.82) is 0 Å². The molecule has 2 rings (SSSR count). The van der Waals surface area contributed by atoms with Gasteiger partial charge in [-0.1, -0.05) is 62.9 Å². The van der Waals surface area contributed by atoms with Crippen LogP contribution < -0.4 is 16.0 Å². The van der Waals surface area contributed by atoms with Crippen LogP contribution in [0.25, 0.3) is 0 Å². The quantitative estimate of drug-likeness (QED) is 0.258. The number of anilines is 1. The summed E-state index contributed by atoms with van der Waals surface area (Å²) in [5.41, 5.74) is 1.14. The molecule has 4 nitrogen and oxygen atoms in total. The van der Waals surface area contributed by atoms with Crippen LogP contribution in [0, 0.1) is 0 Å². The highest BCUT2D eigenvalue weighted by Gasteiger charge is 2.34. The molecule has 0 heterocycles. The second-order valence-electron chi connectivity index (χ2n) is 5.03. The normalized spacial score (nSPS) is 12.2. The van der Waals surface area contributed by atoms with Crippen LogP contribution in [0.4, 0.5) is 5.69 Å². The zero-order valence-electron chi connectivity index (χ0n) is 12.9. The number of carbonyl (C=O) groups is 1. The summed E-state index contributed by atoms with van der Waals surface area (Å²) in [5, 5.41) is 8.59. The minimum atomic E-state index is -1.83. The van der Waals surface area contributed by atoms with E-state index < -0.39 is 15.9 Å². The van der Waals surface area contributed by atoms with Crippen LogP contribution in [0.15, 0.2) is 57.5 Å². The van der Waals surface area contributed by atoms with E-state index in [0.717, 1.165) is 14.6 Å². The molecule has 0 aliphatic carbocycles. The summed E-state index contributed by atoms with van der Waals surface area (Å²) >= 11 is 29.9. The van der Waals surface area contributed by atoms with Crippen molar-refractivity contribution in [1.82, 2.24) is 10.6 Å². The number of carbonyl (C=O) groups excluding carboxylic acids is 1. The molecule has 2 aromatic rings. The number of hydrogen-bond donors (Lipinski definition) is 3. The molecular weight excluding hydrogens is 548 g/mol. The Morgan fingerprint density at radius 3 is 2.19 bits per heavy atom. The summed E-state index contributed by atoms with van der Waals surface area (Å²) in [5.74, 6) is -0.412. The van der Waals surface area contributed by atoms with Crippen molar-refractivity contribution in [3.8, 4) is 0 Å². The molecule has 0 bridgehead atoms. The average molecular weight is 561 g/mol. The Bertz CT molecular complexity index is 800. The smallest absolute Gasteiger partial charge is 0.252 e. The first-order valence-electron chi connectivity index (χ1n) is 7.12. The highest BCUT2D eigenvalue weighted by Crippen LogP contribution is 2.29. The number of rotatable bonds is 4. The second-order valence-corrected chi connectivity index (χ2v) is 9.58. The van der Waals surface area contributed by atoms with Crippen molar-refractivity contribution in [3.05, 3.63) is 63.0 Å². The maximum Gasteiger partial charge on any atom is 0.252 e. The molecule has 1 amide bonds. The molecular formula is C16H12Br2Cl3N3OS. The van der Waals surface area contributed by atoms with Gasteiger partial charge in [0.05, 0.1) is 5.69 Å². The highest BCUT2D eigenvalue weighted by molar-refractivity contribution is 9.10. The minimum absolute atomic E-state index is 0.185. The number of para-hydroxylation sites is 1. The fourth-order valence-corrected chi connectivity index (χ4v) is 3.07. The number of thiocarbonyl (C=S) groups is 1. The van der Waals surface area contributed by atoms with E-state index in [0.29, 0.717) is 5.56 Å². The van der Waals surface area contributed by atoms with Crippen molar-refractivity contribution >= 4 is 95.6 Å². The van der Waals surface area contributed by atoms with Gasteiger partial charge in [0.2, 0.25) is 3.79 Å². The SMILES string of the molecule is O=C(N[C@H](NC(=S)Nc1ccccc1Br)C(Cl)(Cl)Cl)c1ccc(Br)cc1. The third kappa shape index (κ3) is 6.55. The van der Waals surface area contributed by atoms with Crippen LogP contribution in [-0.4, -0.2) is 21.0 Å². The summed E-state index contributed by atoms with van der Waals surface area (Å²) in [7, 11) is 0. The first-order chi connectivity index (χ1) is 12.2. The Morgan fingerprint density at radius 2 is 1.62 bits per heavy atom. The van der Waals surface area contributed by atoms with Crippen molar-refractivity contribution in [2.75, 3.05) is 5.32 Å². The Labute approximate surface area is 188 Å². The largest absolute Gasteiger partial charge is 0.339 e. The van der Waals surface area contributed by atoms with E-state index in [1.165, 1.54) is 0 Å². The van der Waals surface area contributed by atoms with Crippen molar-refractivity contribution < 1.29 is 4.79 Å². The molecule has 0 aliphatic rings. The number of halogens is 5. The number of alkyl halides is 3. The summed E-state index contributed by atoms with van der Waals surface area (Å²) in [6, 6.07) is 14.2. The molecule has 0 saturated carbocycles. The maximum absolute atomic E-state index is 12.4. The van der Waals surface area contributed by atoms with E-state index in [-0.39, 0.29) is 5.11 Å². The fraction of sp³-hybridized carbons (Fsp3) is 0.125. The predicted molar refractivity (Wildman–Crippen MR) is 119 cm³/mol. The van der Waals surface area contributed by atoms with Gasteiger partial charge in [-0.15, -0.1) is 0 Å². The van der Waals surface area contributed by atoms with E-state index in [2.05, 4.69) is 47.8 Å². The minimum Gasteiger partial charge on any atom is -0.339 e. The zero-order valence-corrected chi connectivity index (χ0v) is 19.2. The molecule has 0 saturated heterocycles. The van der Waals surface area contributed by atoms with Crippen LogP contribution in [0.1, 0.15) is 10.4 Å². The topological polar surface area (TPSA) is 53.2 Å². The first-order valence-corrected chi connectivity index (χ1v) is 10.2. The van der Waals surface area contributed by atoms with E-state index in [1.54, 1.807) is 24.3 Å². The molecule has 2 aromatic carbocycles. The van der Waals surface area contributed by atoms with E-state index in [4.69, 9.17) is 47.0 Å². The second kappa shape index (κ2) is 9.57. The highest BCUT2D eigenvalue weighted by atomic mass is 79.9. The van der Waals surface area contributed by atoms with Crippen molar-refractivity contribution in [2.45, 2.75) is 9.96 Å². The van der Waals surface area contributed by atoms with Crippen LogP contribution >= 0.6 is 78.9 Å². The lowest BCUT2D eigenvalue weighted by Crippen LogP contribution is -2.56. The molecule has 26 heavy (non-hydrogen) atoms. The molecule has 0 aliphatic heterocycles. The van der Waals surface area contributed by atoms with Crippen LogP contribution in [0.2, 0.25) is 0 Å². The van der Waals surface area contributed by atoms with Gasteiger partial charge in [0.25, 0.3) is 5.91 Å². The number of hydrogen-bond acceptors (Lipinski definition) is 2. The maximum atomic E-state index is 12.4. The van der Waals surface area contributed by atoms with E-state index in [1.807, 2.05) is 24.3 Å². The van der Waals surface area contributed by atoms with Crippen LogP contribution in [0.3, 0.4) is 0 Å². The molecule has 0 unspecified atom stereocenters. The van der Waals surface area contributed by atoms with Gasteiger partial charge >= 0.3 is 0 Å². The lowest BCUT2D eigenvalue weighted by molar-refractivity contribution is 0.0934. The molecule has 0 radical (unpaired) electrons. The van der Waals surface area contributed by atoms with E-state index in [9.17, 15) is 4.79 Å². The molecule has 3 N–H and O–H groups in total. The van der Waals surface area contributed by atoms with Gasteiger partial charge in [-0.2, -0.15) is 0 Å². The van der Waals surface area contributed by atoms with Gasteiger partial charge in [0.1, 0.15) is 6.17 Å². The van der Waals surface area contributed by atoms with Crippen LogP contribution in [0.5, 0.6) is 0 Å². The Hall–Kier alpha value is -0.570. The van der Waals surface area contributed by atoms with Crippen molar-refractivity contribution in [3.63, 3.8) is 0 Å². The van der Waals surface area contributed by atoms with Gasteiger partial charge in [-0.25, -0.2) is 0 Å². The van der Waals surface area contributed by atoms with Gasteiger partial charge in [-0.05, 0) is 64.5 Å². The lowest BCUT2D eigenvalue weighted by Gasteiger charge is -2.28. The molecule has 0 spiro atoms. The monoisotopic (exact) mass is 557 g/mol. The first kappa shape index (κ1) is 21.7. The fourth-order valence-electron chi connectivity index (χ4n) is 1.87. The predicted octanol–water partition coefficient (Wildman–Crippen LogP) is 5.62. The molecule has 0 fully saturated rings. The molecule has 1 atom stereocenters. The molecule has 10 heteroatoms. The number of benzene rings is 2. The average Bonchev–Trinajstić information content (AvgIpc) is 2.56. The van der Waals surface area contributed by atoms with Crippen LogP contribution in [-0.2, 0) is 0 Å². The number of amides is 1. The van der Waals surface area contributed by atoms with Gasteiger partial charge < -0.3 is 16.0 Å². The van der Waals surface area contributed by atoms with E-state index >= 15 is 0 Å². The molecule has 0 aromatic heterocycles.